The van der Waals surface area contributed by atoms with Crippen LogP contribution in [-0.4, -0.2) is 18.5 Å². The summed E-state index contributed by atoms with van der Waals surface area (Å²) < 4.78 is 11.6. The summed E-state index contributed by atoms with van der Waals surface area (Å²) in [5, 5.41) is 1.86. The Labute approximate surface area is 119 Å². The Morgan fingerprint density at radius 1 is 0.900 bits per heavy atom. The van der Waals surface area contributed by atoms with Gasteiger partial charge in [0, 0.05) is 10.8 Å². The molecule has 0 heterocycles. The van der Waals surface area contributed by atoms with Gasteiger partial charge in [-0.1, -0.05) is 12.1 Å². The van der Waals surface area contributed by atoms with Gasteiger partial charge in [-0.05, 0) is 45.9 Å². The third-order valence-corrected chi connectivity index (χ3v) is 2.85. The van der Waals surface area contributed by atoms with Crippen molar-refractivity contribution in [3.8, 4) is 11.5 Å². The van der Waals surface area contributed by atoms with Crippen molar-refractivity contribution in [2.45, 2.75) is 39.9 Å². The van der Waals surface area contributed by atoms with Crippen LogP contribution in [0.4, 0.5) is 0 Å². The maximum Gasteiger partial charge on any atom is 0.153 e. The van der Waals surface area contributed by atoms with Crippen LogP contribution in [0.2, 0.25) is 0 Å². The third kappa shape index (κ3) is 2.93. The van der Waals surface area contributed by atoms with Crippen LogP contribution in [0.5, 0.6) is 11.5 Å². The Balaban J connectivity index is 2.64. The molecule has 0 unspecified atom stereocenters. The minimum absolute atomic E-state index is 0.00831. The van der Waals surface area contributed by atoms with Crippen molar-refractivity contribution in [1.29, 1.82) is 0 Å². The number of fused-ring (bicyclic) bond motifs is 1. The second kappa shape index (κ2) is 5.95. The minimum atomic E-state index is 0.00831. The Hall–Kier alpha value is -2.03. The Bertz CT molecular complexity index is 615. The van der Waals surface area contributed by atoms with E-state index in [1.54, 1.807) is 6.07 Å². The fraction of sp³-hybridized carbons (Fsp3) is 0.353. The van der Waals surface area contributed by atoms with Crippen LogP contribution < -0.4 is 9.47 Å². The molecule has 0 fully saturated rings. The molecule has 106 valence electrons. The molecular weight excluding hydrogens is 252 g/mol. The summed E-state index contributed by atoms with van der Waals surface area (Å²) in [4.78, 5) is 11.2. The molecule has 0 aromatic heterocycles. The molecule has 3 heteroatoms. The summed E-state index contributed by atoms with van der Waals surface area (Å²) in [5.74, 6) is 1.44. The van der Waals surface area contributed by atoms with E-state index in [0.29, 0.717) is 11.3 Å². The minimum Gasteiger partial charge on any atom is -0.490 e. The van der Waals surface area contributed by atoms with E-state index in [9.17, 15) is 4.79 Å². The smallest absolute Gasteiger partial charge is 0.153 e. The number of hydrogen-bond donors (Lipinski definition) is 0. The first-order valence-electron chi connectivity index (χ1n) is 6.87. The van der Waals surface area contributed by atoms with Crippen LogP contribution in [0, 0.1) is 0 Å². The molecule has 0 bridgehead atoms. The highest BCUT2D eigenvalue weighted by molar-refractivity contribution is 5.99. The number of aldehydes is 1. The molecule has 0 amide bonds. The number of carbonyl (C=O) groups excluding carboxylic acids is 1. The van der Waals surface area contributed by atoms with Gasteiger partial charge >= 0.3 is 0 Å². The first-order chi connectivity index (χ1) is 9.52. The van der Waals surface area contributed by atoms with E-state index in [4.69, 9.17) is 9.47 Å². The normalized spacial score (nSPS) is 11.1. The van der Waals surface area contributed by atoms with Gasteiger partial charge < -0.3 is 9.47 Å². The first kappa shape index (κ1) is 14.4. The highest BCUT2D eigenvalue weighted by Crippen LogP contribution is 2.35. The van der Waals surface area contributed by atoms with Gasteiger partial charge in [-0.3, -0.25) is 4.79 Å². The molecule has 0 spiro atoms. The van der Waals surface area contributed by atoms with Crippen LogP contribution in [0.15, 0.2) is 30.3 Å². The van der Waals surface area contributed by atoms with Crippen LogP contribution >= 0.6 is 0 Å². The molecule has 0 radical (unpaired) electrons. The predicted octanol–water partition coefficient (Wildman–Crippen LogP) is 4.23. The maximum atomic E-state index is 11.2. The van der Waals surface area contributed by atoms with Crippen LogP contribution in [0.1, 0.15) is 38.1 Å². The van der Waals surface area contributed by atoms with E-state index in [-0.39, 0.29) is 12.2 Å². The summed E-state index contributed by atoms with van der Waals surface area (Å²) in [6, 6.07) is 9.49. The molecular formula is C17H20O3. The Morgan fingerprint density at radius 2 is 1.60 bits per heavy atom. The van der Waals surface area contributed by atoms with Gasteiger partial charge in [0.25, 0.3) is 0 Å². The molecule has 20 heavy (non-hydrogen) atoms. The van der Waals surface area contributed by atoms with Crippen LogP contribution in [0.25, 0.3) is 10.8 Å². The molecule has 2 aromatic carbocycles. The lowest BCUT2D eigenvalue weighted by Gasteiger charge is -2.17. The standard InChI is InChI=1S/C17H20O3/c1-11(2)19-16-7-5-6-15-14(16)9-8-13(10-18)17(15)20-12(3)4/h5-12H,1-4H3. The van der Waals surface area contributed by atoms with E-state index in [2.05, 4.69) is 0 Å². The summed E-state index contributed by atoms with van der Waals surface area (Å²) in [6.07, 6.45) is 0.933. The van der Waals surface area contributed by atoms with Gasteiger partial charge in [-0.15, -0.1) is 0 Å². The number of carbonyl (C=O) groups is 1. The predicted molar refractivity (Wildman–Crippen MR) is 80.9 cm³/mol. The van der Waals surface area contributed by atoms with Crippen molar-refractivity contribution in [3.63, 3.8) is 0 Å². The Kier molecular flexibility index (Phi) is 4.28. The zero-order valence-corrected chi connectivity index (χ0v) is 12.3. The summed E-state index contributed by atoms with van der Waals surface area (Å²) in [7, 11) is 0. The van der Waals surface area contributed by atoms with Crippen molar-refractivity contribution in [2.75, 3.05) is 0 Å². The van der Waals surface area contributed by atoms with Crippen molar-refractivity contribution in [1.82, 2.24) is 0 Å². The maximum absolute atomic E-state index is 11.2. The molecule has 0 aliphatic rings. The molecule has 0 aliphatic carbocycles. The monoisotopic (exact) mass is 272 g/mol. The average molecular weight is 272 g/mol. The fourth-order valence-corrected chi connectivity index (χ4v) is 2.13. The van der Waals surface area contributed by atoms with Gasteiger partial charge in [-0.2, -0.15) is 0 Å². The van der Waals surface area contributed by atoms with Crippen molar-refractivity contribution in [2.24, 2.45) is 0 Å². The number of benzene rings is 2. The van der Waals surface area contributed by atoms with Crippen LogP contribution in [-0.2, 0) is 0 Å². The zero-order valence-electron chi connectivity index (χ0n) is 12.3. The zero-order chi connectivity index (χ0) is 14.7. The quantitative estimate of drug-likeness (QED) is 0.764. The second-order valence-electron chi connectivity index (χ2n) is 5.29. The Morgan fingerprint density at radius 3 is 2.20 bits per heavy atom. The summed E-state index contributed by atoms with van der Waals surface area (Å²) in [6.45, 7) is 7.87. The lowest BCUT2D eigenvalue weighted by atomic mass is 10.0. The lowest BCUT2D eigenvalue weighted by molar-refractivity contribution is 0.111. The molecule has 3 nitrogen and oxygen atoms in total. The van der Waals surface area contributed by atoms with Gasteiger partial charge in [-0.25, -0.2) is 0 Å². The highest BCUT2D eigenvalue weighted by atomic mass is 16.5. The molecule has 0 aliphatic heterocycles. The van der Waals surface area contributed by atoms with E-state index in [1.807, 2.05) is 52.0 Å². The number of rotatable bonds is 5. The van der Waals surface area contributed by atoms with Crippen molar-refractivity contribution < 1.29 is 14.3 Å². The van der Waals surface area contributed by atoms with Gasteiger partial charge in [0.2, 0.25) is 0 Å². The van der Waals surface area contributed by atoms with Gasteiger partial charge in [0.15, 0.2) is 6.29 Å². The fourth-order valence-electron chi connectivity index (χ4n) is 2.13. The summed E-state index contributed by atoms with van der Waals surface area (Å²) in [5.41, 5.74) is 0.563. The van der Waals surface area contributed by atoms with Gasteiger partial charge in [0.1, 0.15) is 11.5 Å². The average Bonchev–Trinajstić information content (AvgIpc) is 2.38. The van der Waals surface area contributed by atoms with E-state index in [1.165, 1.54) is 0 Å². The molecule has 2 aromatic rings. The topological polar surface area (TPSA) is 35.5 Å². The third-order valence-electron chi connectivity index (χ3n) is 2.85. The first-order valence-corrected chi connectivity index (χ1v) is 6.87. The van der Waals surface area contributed by atoms with Crippen LogP contribution in [0.3, 0.4) is 0 Å². The highest BCUT2D eigenvalue weighted by Gasteiger charge is 2.13. The second-order valence-corrected chi connectivity index (χ2v) is 5.29. The molecule has 0 N–H and O–H groups in total. The van der Waals surface area contributed by atoms with Gasteiger partial charge in [0.05, 0.1) is 17.8 Å². The molecule has 0 saturated carbocycles. The molecule has 2 rings (SSSR count). The summed E-state index contributed by atoms with van der Waals surface area (Å²) >= 11 is 0. The molecule has 0 atom stereocenters. The van der Waals surface area contributed by atoms with E-state index < -0.39 is 0 Å². The number of ether oxygens (including phenoxy) is 2. The van der Waals surface area contributed by atoms with Crippen molar-refractivity contribution in [3.05, 3.63) is 35.9 Å². The SMILES string of the molecule is CC(C)Oc1cccc2c(OC(C)C)c(C=O)ccc12. The largest absolute Gasteiger partial charge is 0.490 e. The van der Waals surface area contributed by atoms with E-state index >= 15 is 0 Å². The van der Waals surface area contributed by atoms with E-state index in [0.717, 1.165) is 22.8 Å². The lowest BCUT2D eigenvalue weighted by Crippen LogP contribution is -2.09. The molecule has 0 saturated heterocycles. The van der Waals surface area contributed by atoms with Crippen molar-refractivity contribution >= 4 is 17.1 Å². The number of hydrogen-bond acceptors (Lipinski definition) is 3.